The molecule has 0 atom stereocenters. The molecule has 1 aromatic carbocycles. The van der Waals surface area contributed by atoms with E-state index in [4.69, 9.17) is 14.2 Å². The molecule has 0 aliphatic carbocycles. The number of rotatable bonds is 5. The first-order valence-electron chi connectivity index (χ1n) is 6.04. The lowest BCUT2D eigenvalue weighted by atomic mass is 10.1. The maximum atomic E-state index is 11.8. The Kier molecular flexibility index (Phi) is 4.57. The van der Waals surface area contributed by atoms with Crippen LogP contribution in [0.15, 0.2) is 23.7 Å². The Hall–Kier alpha value is -2.08. The highest BCUT2D eigenvalue weighted by molar-refractivity contribution is 7.13. The molecule has 106 valence electrons. The van der Waals surface area contributed by atoms with E-state index in [1.54, 1.807) is 32.7 Å². The summed E-state index contributed by atoms with van der Waals surface area (Å²) in [6, 6.07) is 5.47. The van der Waals surface area contributed by atoms with Gasteiger partial charge in [-0.25, -0.2) is 9.78 Å². The summed E-state index contributed by atoms with van der Waals surface area (Å²) < 4.78 is 15.5. The van der Waals surface area contributed by atoms with Gasteiger partial charge in [0.15, 0.2) is 17.2 Å². The van der Waals surface area contributed by atoms with Gasteiger partial charge in [0.05, 0.1) is 31.2 Å². The zero-order valence-electron chi connectivity index (χ0n) is 11.5. The van der Waals surface area contributed by atoms with Crippen molar-refractivity contribution in [2.24, 2.45) is 0 Å². The number of carbonyl (C=O) groups excluding carboxylic acids is 1. The van der Waals surface area contributed by atoms with Crippen molar-refractivity contribution < 1.29 is 19.0 Å². The number of methoxy groups -OCH3 is 2. The number of carbonyl (C=O) groups is 1. The van der Waals surface area contributed by atoms with E-state index < -0.39 is 5.97 Å². The van der Waals surface area contributed by atoms with Crippen LogP contribution in [0.4, 0.5) is 0 Å². The van der Waals surface area contributed by atoms with Gasteiger partial charge in [0.1, 0.15) is 0 Å². The predicted molar refractivity (Wildman–Crippen MR) is 76.6 cm³/mol. The van der Waals surface area contributed by atoms with E-state index in [0.717, 1.165) is 10.4 Å². The second-order valence-corrected chi connectivity index (χ2v) is 4.68. The number of nitrogens with zero attached hydrogens (tertiary/aromatic N) is 1. The molecule has 6 heteroatoms. The van der Waals surface area contributed by atoms with Crippen LogP contribution in [-0.2, 0) is 4.74 Å². The third-order valence-electron chi connectivity index (χ3n) is 2.68. The molecule has 1 heterocycles. The number of benzene rings is 1. The first-order chi connectivity index (χ1) is 9.71. The quantitative estimate of drug-likeness (QED) is 0.793. The van der Waals surface area contributed by atoms with E-state index in [1.807, 2.05) is 12.1 Å². The Balaban J connectivity index is 2.42. The Labute approximate surface area is 121 Å². The number of thiazole rings is 1. The predicted octanol–water partition coefficient (Wildman–Crippen LogP) is 3.00. The van der Waals surface area contributed by atoms with Crippen LogP contribution in [0.25, 0.3) is 10.4 Å². The lowest BCUT2D eigenvalue weighted by molar-refractivity contribution is 0.0521. The van der Waals surface area contributed by atoms with Crippen molar-refractivity contribution in [3.63, 3.8) is 0 Å². The van der Waals surface area contributed by atoms with Crippen molar-refractivity contribution >= 4 is 17.3 Å². The first-order valence-corrected chi connectivity index (χ1v) is 6.92. The van der Waals surface area contributed by atoms with E-state index in [0.29, 0.717) is 23.8 Å². The fourth-order valence-corrected chi connectivity index (χ4v) is 2.55. The van der Waals surface area contributed by atoms with Crippen molar-refractivity contribution in [3.05, 3.63) is 29.4 Å². The van der Waals surface area contributed by atoms with E-state index in [2.05, 4.69) is 4.98 Å². The maximum absolute atomic E-state index is 11.8. The summed E-state index contributed by atoms with van der Waals surface area (Å²) >= 11 is 1.38. The molecule has 0 amide bonds. The fourth-order valence-electron chi connectivity index (χ4n) is 1.77. The van der Waals surface area contributed by atoms with Crippen LogP contribution in [0.5, 0.6) is 11.5 Å². The second-order valence-electron chi connectivity index (χ2n) is 3.82. The van der Waals surface area contributed by atoms with Gasteiger partial charge in [0.25, 0.3) is 0 Å². The molecule has 5 nitrogen and oxygen atoms in total. The molecule has 0 aliphatic heterocycles. The molecule has 0 bridgehead atoms. The van der Waals surface area contributed by atoms with Crippen molar-refractivity contribution in [3.8, 4) is 21.9 Å². The Morgan fingerprint density at radius 3 is 2.65 bits per heavy atom. The van der Waals surface area contributed by atoms with Crippen LogP contribution < -0.4 is 9.47 Å². The summed E-state index contributed by atoms with van der Waals surface area (Å²) in [5.41, 5.74) is 2.79. The maximum Gasteiger partial charge on any atom is 0.358 e. The lowest BCUT2D eigenvalue weighted by Crippen LogP contribution is -2.06. The van der Waals surface area contributed by atoms with Gasteiger partial charge in [-0.05, 0) is 30.7 Å². The first kappa shape index (κ1) is 14.3. The Bertz CT molecular complexity index is 609. The van der Waals surface area contributed by atoms with Gasteiger partial charge in [0, 0.05) is 0 Å². The SMILES string of the molecule is CCOC(=O)c1ncsc1-c1ccc(OC)c(OC)c1. The average Bonchev–Trinajstić information content (AvgIpc) is 2.96. The van der Waals surface area contributed by atoms with Crippen LogP contribution in [0, 0.1) is 0 Å². The van der Waals surface area contributed by atoms with E-state index in [-0.39, 0.29) is 0 Å². The monoisotopic (exact) mass is 293 g/mol. The van der Waals surface area contributed by atoms with Crippen LogP contribution in [0.1, 0.15) is 17.4 Å². The van der Waals surface area contributed by atoms with E-state index >= 15 is 0 Å². The number of esters is 1. The highest BCUT2D eigenvalue weighted by Gasteiger charge is 2.18. The molecule has 20 heavy (non-hydrogen) atoms. The number of hydrogen-bond acceptors (Lipinski definition) is 6. The molecule has 0 fully saturated rings. The van der Waals surface area contributed by atoms with Gasteiger partial charge < -0.3 is 14.2 Å². The standard InChI is InChI=1S/C14H15NO4S/c1-4-19-14(16)12-13(20-8-15-12)9-5-6-10(17-2)11(7-9)18-3/h5-8H,4H2,1-3H3. The third kappa shape index (κ3) is 2.75. The summed E-state index contributed by atoms with van der Waals surface area (Å²) in [7, 11) is 3.15. The van der Waals surface area contributed by atoms with Gasteiger partial charge in [-0.1, -0.05) is 0 Å². The molecule has 0 radical (unpaired) electrons. The summed E-state index contributed by atoms with van der Waals surface area (Å²) in [6.45, 7) is 2.09. The van der Waals surface area contributed by atoms with Gasteiger partial charge >= 0.3 is 5.97 Å². The van der Waals surface area contributed by atoms with E-state index in [1.165, 1.54) is 11.3 Å². The Morgan fingerprint density at radius 1 is 1.25 bits per heavy atom. The largest absolute Gasteiger partial charge is 0.493 e. The minimum Gasteiger partial charge on any atom is -0.493 e. The molecular weight excluding hydrogens is 278 g/mol. The zero-order chi connectivity index (χ0) is 14.5. The van der Waals surface area contributed by atoms with Gasteiger partial charge in [0.2, 0.25) is 0 Å². The van der Waals surface area contributed by atoms with Crippen molar-refractivity contribution in [1.29, 1.82) is 0 Å². The van der Waals surface area contributed by atoms with Crippen LogP contribution in [0.3, 0.4) is 0 Å². The minimum atomic E-state index is -0.418. The highest BCUT2D eigenvalue weighted by Crippen LogP contribution is 2.35. The average molecular weight is 293 g/mol. The zero-order valence-corrected chi connectivity index (χ0v) is 12.3. The number of aromatic nitrogens is 1. The topological polar surface area (TPSA) is 57.7 Å². The second kappa shape index (κ2) is 6.38. The summed E-state index contributed by atoms with van der Waals surface area (Å²) in [4.78, 5) is 16.7. The van der Waals surface area contributed by atoms with Gasteiger partial charge in [-0.3, -0.25) is 0 Å². The normalized spacial score (nSPS) is 10.2. The van der Waals surface area contributed by atoms with Crippen molar-refractivity contribution in [2.45, 2.75) is 6.92 Å². The molecule has 1 aromatic heterocycles. The van der Waals surface area contributed by atoms with Gasteiger partial charge in [-0.15, -0.1) is 11.3 Å². The fraction of sp³-hybridized carbons (Fsp3) is 0.286. The lowest BCUT2D eigenvalue weighted by Gasteiger charge is -2.09. The molecule has 0 N–H and O–H groups in total. The van der Waals surface area contributed by atoms with Crippen molar-refractivity contribution in [2.75, 3.05) is 20.8 Å². The summed E-state index contributed by atoms with van der Waals surface area (Å²) in [5.74, 6) is 0.824. The minimum absolute atomic E-state index is 0.321. The Morgan fingerprint density at radius 2 is 2.00 bits per heavy atom. The molecule has 0 aliphatic rings. The van der Waals surface area contributed by atoms with Crippen LogP contribution >= 0.6 is 11.3 Å². The van der Waals surface area contributed by atoms with Crippen LogP contribution in [0.2, 0.25) is 0 Å². The van der Waals surface area contributed by atoms with Crippen LogP contribution in [-0.4, -0.2) is 31.8 Å². The molecule has 2 aromatic rings. The molecule has 0 saturated carbocycles. The third-order valence-corrected chi connectivity index (χ3v) is 3.56. The summed E-state index contributed by atoms with van der Waals surface area (Å²) in [6.07, 6.45) is 0. The molecular formula is C14H15NO4S. The number of hydrogen-bond donors (Lipinski definition) is 0. The molecule has 0 unspecified atom stereocenters. The van der Waals surface area contributed by atoms with Crippen molar-refractivity contribution in [1.82, 2.24) is 4.98 Å². The highest BCUT2D eigenvalue weighted by atomic mass is 32.1. The number of ether oxygens (including phenoxy) is 3. The summed E-state index contributed by atoms with van der Waals surface area (Å²) in [5, 5.41) is 0. The molecule has 0 saturated heterocycles. The molecule has 0 spiro atoms. The smallest absolute Gasteiger partial charge is 0.358 e. The molecule has 2 rings (SSSR count). The van der Waals surface area contributed by atoms with Gasteiger partial charge in [-0.2, -0.15) is 0 Å². The van der Waals surface area contributed by atoms with E-state index in [9.17, 15) is 4.79 Å².